The van der Waals surface area contributed by atoms with Crippen molar-refractivity contribution in [2.24, 2.45) is 0 Å². The van der Waals surface area contributed by atoms with Gasteiger partial charge in [0.1, 0.15) is 0 Å². The maximum atomic E-state index is 10.9. The number of rotatable bonds is 5. The second-order valence-electron chi connectivity index (χ2n) is 5.47. The number of carboxylic acids is 1. The van der Waals surface area contributed by atoms with Gasteiger partial charge in [0.25, 0.3) is 0 Å². The van der Waals surface area contributed by atoms with E-state index in [2.05, 4.69) is 10.2 Å². The minimum atomic E-state index is -0.887. The Labute approximate surface area is 152 Å². The van der Waals surface area contributed by atoms with Crippen LogP contribution < -0.4 is 0 Å². The molecule has 25 heavy (non-hydrogen) atoms. The molecule has 0 fully saturated rings. The van der Waals surface area contributed by atoms with Crippen molar-refractivity contribution >= 4 is 46.1 Å². The summed E-state index contributed by atoms with van der Waals surface area (Å²) < 4.78 is 3.92. The molecule has 0 aliphatic rings. The molecule has 0 radical (unpaired) electrons. The Morgan fingerprint density at radius 1 is 1.08 bits per heavy atom. The highest BCUT2D eigenvalue weighted by atomic mass is 35.5. The summed E-state index contributed by atoms with van der Waals surface area (Å²) in [4.78, 5) is 10.9. The first-order chi connectivity index (χ1) is 12.1. The molecule has 1 N–H and O–H groups in total. The molecule has 0 bridgehead atoms. The molecule has 8 heteroatoms. The van der Waals surface area contributed by atoms with Crippen molar-refractivity contribution in [2.45, 2.75) is 11.7 Å². The lowest BCUT2D eigenvalue weighted by Gasteiger charge is -2.06. The number of imidazole rings is 1. The van der Waals surface area contributed by atoms with Gasteiger partial charge in [-0.1, -0.05) is 53.7 Å². The number of fused-ring (bicyclic) bond motifs is 3. The molecule has 6 nitrogen and oxygen atoms in total. The summed E-state index contributed by atoms with van der Waals surface area (Å²) in [5.74, 6) is -0.291. The summed E-state index contributed by atoms with van der Waals surface area (Å²) >= 11 is 7.46. The number of halogens is 1. The van der Waals surface area contributed by atoms with Crippen LogP contribution in [0.3, 0.4) is 0 Å². The topological polar surface area (TPSA) is 72.4 Å². The van der Waals surface area contributed by atoms with Gasteiger partial charge < -0.3 is 9.67 Å². The molecule has 2 aromatic heterocycles. The Kier molecular flexibility index (Phi) is 4.10. The van der Waals surface area contributed by atoms with Crippen molar-refractivity contribution < 1.29 is 9.90 Å². The summed E-state index contributed by atoms with van der Waals surface area (Å²) in [6, 6.07) is 15.6. The minimum Gasteiger partial charge on any atom is -0.481 e. The van der Waals surface area contributed by atoms with Crippen molar-refractivity contribution in [3.63, 3.8) is 0 Å². The summed E-state index contributed by atoms with van der Waals surface area (Å²) in [5, 5.41) is 18.6. The average molecular weight is 373 g/mol. The maximum absolute atomic E-state index is 10.9. The van der Waals surface area contributed by atoms with Gasteiger partial charge in [0.05, 0.1) is 23.3 Å². The number of aliphatic carboxylic acids is 1. The van der Waals surface area contributed by atoms with Gasteiger partial charge in [0.2, 0.25) is 5.78 Å². The van der Waals surface area contributed by atoms with E-state index in [1.54, 1.807) is 0 Å². The van der Waals surface area contributed by atoms with E-state index in [0.717, 1.165) is 28.4 Å². The lowest BCUT2D eigenvalue weighted by molar-refractivity contribution is -0.133. The molecule has 0 unspecified atom stereocenters. The average Bonchev–Trinajstić information content (AvgIpc) is 3.15. The van der Waals surface area contributed by atoms with Gasteiger partial charge in [-0.05, 0) is 23.8 Å². The monoisotopic (exact) mass is 372 g/mol. The van der Waals surface area contributed by atoms with Gasteiger partial charge in [0.15, 0.2) is 5.16 Å². The number of hydrogen-bond acceptors (Lipinski definition) is 4. The predicted molar refractivity (Wildman–Crippen MR) is 97.4 cm³/mol. The molecule has 4 aromatic rings. The van der Waals surface area contributed by atoms with E-state index in [-0.39, 0.29) is 5.75 Å². The molecular formula is C17H13ClN4O2S. The van der Waals surface area contributed by atoms with E-state index in [1.807, 2.05) is 57.5 Å². The Hall–Kier alpha value is -2.51. The van der Waals surface area contributed by atoms with Crippen LogP contribution in [0.15, 0.2) is 53.7 Å². The number of aromatic nitrogens is 4. The number of benzene rings is 2. The van der Waals surface area contributed by atoms with E-state index in [9.17, 15) is 4.79 Å². The van der Waals surface area contributed by atoms with Gasteiger partial charge in [-0.2, -0.15) is 0 Å². The molecule has 2 aromatic carbocycles. The Bertz CT molecular complexity index is 1090. The zero-order valence-electron chi connectivity index (χ0n) is 13.0. The number of hydrogen-bond donors (Lipinski definition) is 1. The van der Waals surface area contributed by atoms with Crippen LogP contribution in [-0.4, -0.2) is 36.0 Å². The molecule has 0 aliphatic carbocycles. The largest absolute Gasteiger partial charge is 0.481 e. The van der Waals surface area contributed by atoms with Crippen LogP contribution in [-0.2, 0) is 11.3 Å². The molecule has 0 aliphatic heterocycles. The third kappa shape index (κ3) is 2.85. The van der Waals surface area contributed by atoms with Gasteiger partial charge in [-0.15, -0.1) is 10.2 Å². The molecule has 0 saturated carbocycles. The second kappa shape index (κ2) is 6.42. The molecule has 0 spiro atoms. The first-order valence-corrected chi connectivity index (χ1v) is 8.92. The SMILES string of the molecule is O=C(O)CSc1nnc2n(Cc3ccccc3Cl)c3ccccc3n12. The third-order valence-corrected chi connectivity index (χ3v) is 5.16. The number of nitrogens with zero attached hydrogens (tertiary/aromatic N) is 4. The summed E-state index contributed by atoms with van der Waals surface area (Å²) in [7, 11) is 0. The second-order valence-corrected chi connectivity index (χ2v) is 6.82. The smallest absolute Gasteiger partial charge is 0.313 e. The van der Waals surface area contributed by atoms with Crippen LogP contribution in [0.1, 0.15) is 5.56 Å². The number of thioether (sulfide) groups is 1. The Morgan fingerprint density at radius 3 is 2.56 bits per heavy atom. The van der Waals surface area contributed by atoms with Crippen LogP contribution in [0.25, 0.3) is 16.8 Å². The van der Waals surface area contributed by atoms with E-state index >= 15 is 0 Å². The van der Waals surface area contributed by atoms with Gasteiger partial charge in [-0.3, -0.25) is 9.20 Å². The molecular weight excluding hydrogens is 360 g/mol. The number of carboxylic acid groups (broad SMARTS) is 1. The highest BCUT2D eigenvalue weighted by Gasteiger charge is 2.18. The fraction of sp³-hybridized carbons (Fsp3) is 0.118. The van der Waals surface area contributed by atoms with E-state index < -0.39 is 5.97 Å². The summed E-state index contributed by atoms with van der Waals surface area (Å²) in [6.07, 6.45) is 0. The van der Waals surface area contributed by atoms with Gasteiger partial charge in [-0.25, -0.2) is 0 Å². The highest BCUT2D eigenvalue weighted by Crippen LogP contribution is 2.27. The Balaban J connectivity index is 1.88. The van der Waals surface area contributed by atoms with Gasteiger partial charge >= 0.3 is 5.97 Å². The molecule has 0 atom stereocenters. The van der Waals surface area contributed by atoms with E-state index in [0.29, 0.717) is 22.5 Å². The lowest BCUT2D eigenvalue weighted by atomic mass is 10.2. The predicted octanol–water partition coefficient (Wildman–Crippen LogP) is 3.56. The highest BCUT2D eigenvalue weighted by molar-refractivity contribution is 7.99. The van der Waals surface area contributed by atoms with Gasteiger partial charge in [0, 0.05) is 5.02 Å². The zero-order chi connectivity index (χ0) is 17.4. The van der Waals surface area contributed by atoms with Crippen LogP contribution in [0, 0.1) is 0 Å². The molecule has 0 amide bonds. The number of para-hydroxylation sites is 2. The fourth-order valence-electron chi connectivity index (χ4n) is 2.81. The number of carbonyl (C=O) groups is 1. The maximum Gasteiger partial charge on any atom is 0.313 e. The molecule has 2 heterocycles. The van der Waals surface area contributed by atoms with Crippen molar-refractivity contribution in [1.29, 1.82) is 0 Å². The lowest BCUT2D eigenvalue weighted by Crippen LogP contribution is -2.01. The van der Waals surface area contributed by atoms with E-state index in [1.165, 1.54) is 0 Å². The first kappa shape index (κ1) is 16.0. The van der Waals surface area contributed by atoms with Crippen molar-refractivity contribution in [1.82, 2.24) is 19.2 Å². The van der Waals surface area contributed by atoms with Crippen LogP contribution in [0.2, 0.25) is 5.02 Å². The van der Waals surface area contributed by atoms with E-state index in [4.69, 9.17) is 16.7 Å². The normalized spacial score (nSPS) is 11.4. The third-order valence-electron chi connectivity index (χ3n) is 3.88. The standard InChI is InChI=1S/C17H13ClN4O2S/c18-12-6-2-1-5-11(12)9-21-13-7-3-4-8-14(13)22-16(21)19-20-17(22)25-10-15(23)24/h1-8H,9-10H2,(H,23,24). The summed E-state index contributed by atoms with van der Waals surface area (Å²) in [5.41, 5.74) is 2.90. The van der Waals surface area contributed by atoms with Crippen molar-refractivity contribution in [2.75, 3.05) is 5.75 Å². The molecule has 4 rings (SSSR count). The minimum absolute atomic E-state index is 0.0647. The first-order valence-electron chi connectivity index (χ1n) is 7.55. The van der Waals surface area contributed by atoms with Crippen LogP contribution in [0.4, 0.5) is 0 Å². The molecule has 126 valence electrons. The van der Waals surface area contributed by atoms with Crippen molar-refractivity contribution in [3.05, 3.63) is 59.1 Å². The van der Waals surface area contributed by atoms with Crippen LogP contribution in [0.5, 0.6) is 0 Å². The summed E-state index contributed by atoms with van der Waals surface area (Å²) in [6.45, 7) is 0.554. The van der Waals surface area contributed by atoms with Crippen LogP contribution >= 0.6 is 23.4 Å². The quantitative estimate of drug-likeness (QED) is 0.542. The fourth-order valence-corrected chi connectivity index (χ4v) is 3.67. The Morgan fingerprint density at radius 2 is 1.80 bits per heavy atom. The zero-order valence-corrected chi connectivity index (χ0v) is 14.5. The van der Waals surface area contributed by atoms with Crippen molar-refractivity contribution in [3.8, 4) is 0 Å². The molecule has 0 saturated heterocycles.